The van der Waals surface area contributed by atoms with E-state index in [1.165, 1.54) is 11.1 Å². The number of benzene rings is 1. The standard InChI is InChI=1S/C16H28N2/c1-6-14-7-9-15(10-8-14)11-12-18(5)16(2,3)13-17-4/h7-10,17H,6,11-13H2,1-5H3. The van der Waals surface area contributed by atoms with Crippen LogP contribution in [0.4, 0.5) is 0 Å². The summed E-state index contributed by atoms with van der Waals surface area (Å²) in [5.74, 6) is 0. The number of aryl methyl sites for hydroxylation is 1. The van der Waals surface area contributed by atoms with E-state index in [0.717, 1.165) is 25.9 Å². The van der Waals surface area contributed by atoms with Crippen molar-refractivity contribution >= 4 is 0 Å². The molecular formula is C16H28N2. The summed E-state index contributed by atoms with van der Waals surface area (Å²) in [6.07, 6.45) is 2.24. The summed E-state index contributed by atoms with van der Waals surface area (Å²) in [5.41, 5.74) is 3.06. The van der Waals surface area contributed by atoms with E-state index in [1.54, 1.807) is 0 Å². The summed E-state index contributed by atoms with van der Waals surface area (Å²) in [6, 6.07) is 9.01. The van der Waals surface area contributed by atoms with E-state index in [2.05, 4.69) is 62.3 Å². The smallest absolute Gasteiger partial charge is 0.0274 e. The van der Waals surface area contributed by atoms with Gasteiger partial charge in [-0.3, -0.25) is 4.90 Å². The molecular weight excluding hydrogens is 220 g/mol. The van der Waals surface area contributed by atoms with E-state index in [-0.39, 0.29) is 5.54 Å². The van der Waals surface area contributed by atoms with Crippen molar-refractivity contribution in [3.05, 3.63) is 35.4 Å². The highest BCUT2D eigenvalue weighted by molar-refractivity contribution is 5.22. The maximum Gasteiger partial charge on any atom is 0.0274 e. The number of hydrogen-bond donors (Lipinski definition) is 1. The zero-order valence-electron chi connectivity index (χ0n) is 12.6. The Bertz CT molecular complexity index is 341. The molecule has 0 spiro atoms. The van der Waals surface area contributed by atoms with Crippen molar-refractivity contribution in [2.45, 2.75) is 39.2 Å². The summed E-state index contributed by atoms with van der Waals surface area (Å²) >= 11 is 0. The molecule has 18 heavy (non-hydrogen) atoms. The lowest BCUT2D eigenvalue weighted by Crippen LogP contribution is -2.48. The Morgan fingerprint density at radius 3 is 2.17 bits per heavy atom. The van der Waals surface area contributed by atoms with Gasteiger partial charge in [0.15, 0.2) is 0 Å². The summed E-state index contributed by atoms with van der Waals surface area (Å²) in [4.78, 5) is 2.43. The van der Waals surface area contributed by atoms with Crippen molar-refractivity contribution in [1.82, 2.24) is 10.2 Å². The average Bonchev–Trinajstić information content (AvgIpc) is 2.36. The van der Waals surface area contributed by atoms with Gasteiger partial charge in [0.05, 0.1) is 0 Å². The minimum Gasteiger partial charge on any atom is -0.318 e. The first-order valence-electron chi connectivity index (χ1n) is 6.93. The van der Waals surface area contributed by atoms with Crippen molar-refractivity contribution in [2.75, 3.05) is 27.2 Å². The molecule has 1 aromatic carbocycles. The average molecular weight is 248 g/mol. The Morgan fingerprint density at radius 2 is 1.67 bits per heavy atom. The third-order valence-corrected chi connectivity index (χ3v) is 3.81. The third kappa shape index (κ3) is 4.43. The molecule has 0 unspecified atom stereocenters. The van der Waals surface area contributed by atoms with E-state index in [1.807, 2.05) is 7.05 Å². The van der Waals surface area contributed by atoms with Gasteiger partial charge in [-0.25, -0.2) is 0 Å². The van der Waals surface area contributed by atoms with Gasteiger partial charge in [0.2, 0.25) is 0 Å². The molecule has 0 amide bonds. The molecule has 0 saturated heterocycles. The molecule has 1 N–H and O–H groups in total. The van der Waals surface area contributed by atoms with E-state index in [0.29, 0.717) is 0 Å². The molecule has 0 aliphatic rings. The first kappa shape index (κ1) is 15.2. The Hall–Kier alpha value is -0.860. The summed E-state index contributed by atoms with van der Waals surface area (Å²) in [5, 5.41) is 3.26. The van der Waals surface area contributed by atoms with E-state index >= 15 is 0 Å². The molecule has 1 aromatic rings. The van der Waals surface area contributed by atoms with Crippen LogP contribution in [-0.2, 0) is 12.8 Å². The Labute approximate surface area is 112 Å². The summed E-state index contributed by atoms with van der Waals surface area (Å²) < 4.78 is 0. The molecule has 0 fully saturated rings. The van der Waals surface area contributed by atoms with Crippen molar-refractivity contribution < 1.29 is 0 Å². The largest absolute Gasteiger partial charge is 0.318 e. The van der Waals surface area contributed by atoms with Gasteiger partial charge in [-0.1, -0.05) is 31.2 Å². The topological polar surface area (TPSA) is 15.3 Å². The zero-order valence-corrected chi connectivity index (χ0v) is 12.6. The van der Waals surface area contributed by atoms with Crippen LogP contribution in [0.1, 0.15) is 31.9 Å². The van der Waals surface area contributed by atoms with Crippen LogP contribution in [0.5, 0.6) is 0 Å². The predicted octanol–water partition coefficient (Wildman–Crippen LogP) is 2.72. The molecule has 0 aliphatic carbocycles. The summed E-state index contributed by atoms with van der Waals surface area (Å²) in [7, 11) is 4.22. The molecule has 2 heteroatoms. The van der Waals surface area contributed by atoms with E-state index < -0.39 is 0 Å². The highest BCUT2D eigenvalue weighted by atomic mass is 15.2. The first-order valence-corrected chi connectivity index (χ1v) is 6.93. The Balaban J connectivity index is 2.48. The van der Waals surface area contributed by atoms with Crippen molar-refractivity contribution in [1.29, 1.82) is 0 Å². The van der Waals surface area contributed by atoms with Gasteiger partial charge in [-0.15, -0.1) is 0 Å². The van der Waals surface area contributed by atoms with Crippen LogP contribution < -0.4 is 5.32 Å². The SMILES string of the molecule is CCc1ccc(CCN(C)C(C)(C)CNC)cc1. The zero-order chi connectivity index (χ0) is 13.6. The van der Waals surface area contributed by atoms with Gasteiger partial charge in [0.1, 0.15) is 0 Å². The number of likely N-dealkylation sites (N-methyl/N-ethyl adjacent to an activating group) is 2. The molecule has 2 nitrogen and oxygen atoms in total. The minimum absolute atomic E-state index is 0.206. The van der Waals surface area contributed by atoms with Crippen LogP contribution in [0.2, 0.25) is 0 Å². The molecule has 0 saturated carbocycles. The molecule has 0 aromatic heterocycles. The first-order chi connectivity index (χ1) is 8.49. The molecule has 102 valence electrons. The maximum absolute atomic E-state index is 3.26. The monoisotopic (exact) mass is 248 g/mol. The molecule has 0 radical (unpaired) electrons. The second-order valence-corrected chi connectivity index (χ2v) is 5.68. The highest BCUT2D eigenvalue weighted by Gasteiger charge is 2.21. The fraction of sp³-hybridized carbons (Fsp3) is 0.625. The molecule has 1 rings (SSSR count). The van der Waals surface area contributed by atoms with Gasteiger partial charge in [-0.2, -0.15) is 0 Å². The normalized spacial score (nSPS) is 12.1. The fourth-order valence-electron chi connectivity index (χ4n) is 2.11. The lowest BCUT2D eigenvalue weighted by Gasteiger charge is -2.35. The van der Waals surface area contributed by atoms with Crippen LogP contribution in [0.25, 0.3) is 0 Å². The number of nitrogens with zero attached hydrogens (tertiary/aromatic N) is 1. The van der Waals surface area contributed by atoms with Gasteiger partial charge in [-0.05, 0) is 51.9 Å². The maximum atomic E-state index is 3.26. The molecule has 0 atom stereocenters. The number of hydrogen-bond acceptors (Lipinski definition) is 2. The second kappa shape index (κ2) is 6.91. The van der Waals surface area contributed by atoms with Gasteiger partial charge in [0, 0.05) is 18.6 Å². The summed E-state index contributed by atoms with van der Waals surface area (Å²) in [6.45, 7) is 8.87. The van der Waals surface area contributed by atoms with Crippen LogP contribution in [0.15, 0.2) is 24.3 Å². The quantitative estimate of drug-likeness (QED) is 0.798. The van der Waals surface area contributed by atoms with E-state index in [4.69, 9.17) is 0 Å². The number of rotatable bonds is 7. The van der Waals surface area contributed by atoms with Crippen LogP contribution in [0.3, 0.4) is 0 Å². The van der Waals surface area contributed by atoms with E-state index in [9.17, 15) is 0 Å². The van der Waals surface area contributed by atoms with Crippen LogP contribution in [0, 0.1) is 0 Å². The minimum atomic E-state index is 0.206. The van der Waals surface area contributed by atoms with Crippen molar-refractivity contribution in [2.24, 2.45) is 0 Å². The third-order valence-electron chi connectivity index (χ3n) is 3.81. The Kier molecular flexibility index (Phi) is 5.83. The van der Waals surface area contributed by atoms with Gasteiger partial charge >= 0.3 is 0 Å². The predicted molar refractivity (Wildman–Crippen MR) is 80.2 cm³/mol. The second-order valence-electron chi connectivity index (χ2n) is 5.68. The van der Waals surface area contributed by atoms with Gasteiger partial charge < -0.3 is 5.32 Å². The van der Waals surface area contributed by atoms with Crippen molar-refractivity contribution in [3.63, 3.8) is 0 Å². The van der Waals surface area contributed by atoms with Gasteiger partial charge in [0.25, 0.3) is 0 Å². The van der Waals surface area contributed by atoms with Crippen LogP contribution in [-0.4, -0.2) is 37.6 Å². The van der Waals surface area contributed by atoms with Crippen LogP contribution >= 0.6 is 0 Å². The Morgan fingerprint density at radius 1 is 1.11 bits per heavy atom. The highest BCUT2D eigenvalue weighted by Crippen LogP contribution is 2.12. The molecule has 0 bridgehead atoms. The molecule has 0 aliphatic heterocycles. The number of nitrogens with one attached hydrogen (secondary N) is 1. The lowest BCUT2D eigenvalue weighted by molar-refractivity contribution is 0.157. The molecule has 0 heterocycles. The fourth-order valence-corrected chi connectivity index (χ4v) is 2.11. The lowest BCUT2D eigenvalue weighted by atomic mass is 10.0. The van der Waals surface area contributed by atoms with Crippen molar-refractivity contribution in [3.8, 4) is 0 Å².